The Morgan fingerprint density at radius 2 is 2.15 bits per heavy atom. The molecule has 1 aliphatic rings. The minimum atomic E-state index is -4.61. The van der Waals surface area contributed by atoms with E-state index >= 15 is 0 Å². The van der Waals surface area contributed by atoms with Gasteiger partial charge in [0.05, 0.1) is 0 Å². The Kier molecular flexibility index (Phi) is 4.34. The summed E-state index contributed by atoms with van der Waals surface area (Å²) in [7, 11) is 0. The van der Waals surface area contributed by atoms with Gasteiger partial charge in [-0.2, -0.15) is 13.2 Å². The highest BCUT2D eigenvalue weighted by molar-refractivity contribution is 5.11. The van der Waals surface area contributed by atoms with Gasteiger partial charge in [-0.15, -0.1) is 0 Å². The third-order valence-electron chi connectivity index (χ3n) is 3.75. The lowest BCUT2D eigenvalue weighted by Gasteiger charge is -2.37. The van der Waals surface area contributed by atoms with Crippen molar-refractivity contribution in [3.8, 4) is 0 Å². The fourth-order valence-corrected chi connectivity index (χ4v) is 2.58. The Hall–Kier alpha value is -1.14. The Morgan fingerprint density at radius 1 is 1.40 bits per heavy atom. The Morgan fingerprint density at radius 3 is 2.75 bits per heavy atom. The van der Waals surface area contributed by atoms with Crippen molar-refractivity contribution in [1.29, 1.82) is 0 Å². The minimum absolute atomic E-state index is 0.133. The fourth-order valence-electron chi connectivity index (χ4n) is 2.58. The van der Waals surface area contributed by atoms with Gasteiger partial charge in [-0.1, -0.05) is 6.07 Å². The molecule has 6 heteroatoms. The van der Waals surface area contributed by atoms with E-state index in [-0.39, 0.29) is 12.5 Å². The molecule has 1 aromatic rings. The summed E-state index contributed by atoms with van der Waals surface area (Å²) in [6.45, 7) is 1.52. The molecule has 0 aromatic carbocycles. The predicted molar refractivity (Wildman–Crippen MR) is 69.3 cm³/mol. The van der Waals surface area contributed by atoms with Crippen LogP contribution in [0.5, 0.6) is 0 Å². The molecule has 1 aromatic heterocycles. The van der Waals surface area contributed by atoms with Crippen molar-refractivity contribution in [3.63, 3.8) is 0 Å². The normalized spacial score (nSPS) is 24.4. The molecule has 20 heavy (non-hydrogen) atoms. The quantitative estimate of drug-likeness (QED) is 0.928. The molecule has 0 unspecified atom stereocenters. The first-order valence-corrected chi connectivity index (χ1v) is 6.72. The third-order valence-corrected chi connectivity index (χ3v) is 3.75. The van der Waals surface area contributed by atoms with E-state index in [4.69, 9.17) is 0 Å². The molecule has 1 N–H and O–H groups in total. The number of pyridine rings is 1. The lowest BCUT2D eigenvalue weighted by Crippen LogP contribution is -2.53. The molecule has 0 spiro atoms. The molecule has 0 aliphatic carbocycles. The average Bonchev–Trinajstić information content (AvgIpc) is 2.38. The molecule has 0 saturated carbocycles. The third kappa shape index (κ3) is 3.49. The molecular formula is C14H19F3N2O. The van der Waals surface area contributed by atoms with Crippen LogP contribution >= 0.6 is 0 Å². The van der Waals surface area contributed by atoms with Crippen LogP contribution in [0, 0.1) is 0 Å². The predicted octanol–water partition coefficient (Wildman–Crippen LogP) is 2.57. The largest absolute Gasteiger partial charge is 0.418 e. The number of likely N-dealkylation sites (tertiary alicyclic amines) is 1. The standard InChI is InChI=1S/C14H19F3N2O/c1-13(20,14(15,16)17)10-19-8-4-5-11(9-19)12-6-2-3-7-18-12/h2-3,6-7,11,20H,4-5,8-10H2,1H3/t11-,13-/m0/s1. The molecule has 0 amide bonds. The zero-order valence-electron chi connectivity index (χ0n) is 11.4. The van der Waals surface area contributed by atoms with E-state index in [9.17, 15) is 18.3 Å². The van der Waals surface area contributed by atoms with E-state index in [0.717, 1.165) is 25.5 Å². The van der Waals surface area contributed by atoms with Crippen LogP contribution in [0.1, 0.15) is 31.4 Å². The van der Waals surface area contributed by atoms with E-state index in [2.05, 4.69) is 4.98 Å². The first-order valence-electron chi connectivity index (χ1n) is 6.72. The molecule has 2 atom stereocenters. The number of rotatable bonds is 3. The summed E-state index contributed by atoms with van der Waals surface area (Å²) in [6, 6.07) is 5.60. The van der Waals surface area contributed by atoms with Crippen molar-refractivity contribution in [2.45, 2.75) is 37.5 Å². The summed E-state index contributed by atoms with van der Waals surface area (Å²) in [6.07, 6.45) is -1.18. The first-order chi connectivity index (χ1) is 9.29. The molecule has 2 rings (SSSR count). The highest BCUT2D eigenvalue weighted by atomic mass is 19.4. The van der Waals surface area contributed by atoms with Crippen molar-refractivity contribution >= 4 is 0 Å². The van der Waals surface area contributed by atoms with Gasteiger partial charge < -0.3 is 5.11 Å². The monoisotopic (exact) mass is 288 g/mol. The number of nitrogens with zero attached hydrogens (tertiary/aromatic N) is 2. The molecule has 1 saturated heterocycles. The minimum Gasteiger partial charge on any atom is -0.380 e. The van der Waals surface area contributed by atoms with Gasteiger partial charge in [0, 0.05) is 30.9 Å². The van der Waals surface area contributed by atoms with Crippen LogP contribution in [0.25, 0.3) is 0 Å². The summed E-state index contributed by atoms with van der Waals surface area (Å²) in [5.41, 5.74) is -1.76. The Labute approximate surface area is 116 Å². The zero-order chi connectivity index (χ0) is 14.8. The summed E-state index contributed by atoms with van der Waals surface area (Å²) in [5, 5.41) is 9.58. The lowest BCUT2D eigenvalue weighted by atomic mass is 9.93. The second-order valence-electron chi connectivity index (χ2n) is 5.60. The topological polar surface area (TPSA) is 36.4 Å². The van der Waals surface area contributed by atoms with Crippen LogP contribution in [-0.2, 0) is 0 Å². The molecule has 0 radical (unpaired) electrons. The van der Waals surface area contributed by atoms with E-state index in [1.807, 2.05) is 18.2 Å². The SMILES string of the molecule is C[C@](O)(CN1CCC[C@H](c2ccccn2)C1)C(F)(F)F. The number of piperidine rings is 1. The molecule has 2 heterocycles. The van der Waals surface area contributed by atoms with E-state index in [1.54, 1.807) is 11.1 Å². The highest BCUT2D eigenvalue weighted by Crippen LogP contribution is 2.33. The van der Waals surface area contributed by atoms with Crippen molar-refractivity contribution in [2.75, 3.05) is 19.6 Å². The fraction of sp³-hybridized carbons (Fsp3) is 0.643. The summed E-state index contributed by atoms with van der Waals surface area (Å²) < 4.78 is 38.2. The number of aliphatic hydroxyl groups is 1. The van der Waals surface area contributed by atoms with E-state index < -0.39 is 11.8 Å². The number of halogens is 3. The van der Waals surface area contributed by atoms with Crippen molar-refractivity contribution in [2.24, 2.45) is 0 Å². The van der Waals surface area contributed by atoms with Crippen molar-refractivity contribution in [1.82, 2.24) is 9.88 Å². The average molecular weight is 288 g/mol. The molecular weight excluding hydrogens is 269 g/mol. The van der Waals surface area contributed by atoms with Gasteiger partial charge in [-0.05, 0) is 38.4 Å². The zero-order valence-corrected chi connectivity index (χ0v) is 11.4. The van der Waals surface area contributed by atoms with Crippen LogP contribution < -0.4 is 0 Å². The summed E-state index contributed by atoms with van der Waals surface area (Å²) in [5.74, 6) is 0.133. The maximum Gasteiger partial charge on any atom is 0.418 e. The molecule has 1 aliphatic heterocycles. The van der Waals surface area contributed by atoms with Crippen LogP contribution in [0.15, 0.2) is 24.4 Å². The number of hydrogen-bond acceptors (Lipinski definition) is 3. The smallest absolute Gasteiger partial charge is 0.380 e. The number of hydrogen-bond donors (Lipinski definition) is 1. The second kappa shape index (κ2) is 5.69. The van der Waals surface area contributed by atoms with Gasteiger partial charge in [0.15, 0.2) is 5.60 Å². The van der Waals surface area contributed by atoms with Gasteiger partial charge in [-0.25, -0.2) is 0 Å². The van der Waals surface area contributed by atoms with Crippen molar-refractivity contribution in [3.05, 3.63) is 30.1 Å². The summed E-state index contributed by atoms with van der Waals surface area (Å²) in [4.78, 5) is 5.95. The van der Waals surface area contributed by atoms with E-state index in [0.29, 0.717) is 13.1 Å². The van der Waals surface area contributed by atoms with Crippen molar-refractivity contribution < 1.29 is 18.3 Å². The molecule has 112 valence electrons. The Bertz CT molecular complexity index is 434. The molecule has 3 nitrogen and oxygen atoms in total. The number of aromatic nitrogens is 1. The van der Waals surface area contributed by atoms with Crippen LogP contribution in [0.4, 0.5) is 13.2 Å². The molecule has 0 bridgehead atoms. The maximum absolute atomic E-state index is 12.7. The van der Waals surface area contributed by atoms with Crippen LogP contribution in [0.2, 0.25) is 0 Å². The highest BCUT2D eigenvalue weighted by Gasteiger charge is 2.50. The number of β-amino-alcohol motifs (C(OH)–C–C–N with tert-alkyl or cyclic N) is 1. The Balaban J connectivity index is 2.01. The van der Waals surface area contributed by atoms with Crippen LogP contribution in [-0.4, -0.2) is 46.4 Å². The van der Waals surface area contributed by atoms with E-state index in [1.165, 1.54) is 0 Å². The first kappa shape index (κ1) is 15.3. The lowest BCUT2D eigenvalue weighted by molar-refractivity contribution is -0.258. The van der Waals surface area contributed by atoms with Crippen LogP contribution in [0.3, 0.4) is 0 Å². The maximum atomic E-state index is 12.7. The van der Waals surface area contributed by atoms with Gasteiger partial charge in [0.25, 0.3) is 0 Å². The van der Waals surface area contributed by atoms with Gasteiger partial charge in [0.2, 0.25) is 0 Å². The van der Waals surface area contributed by atoms with Gasteiger partial charge >= 0.3 is 6.18 Å². The number of alkyl halides is 3. The second-order valence-corrected chi connectivity index (χ2v) is 5.60. The van der Waals surface area contributed by atoms with Gasteiger partial charge in [-0.3, -0.25) is 9.88 Å². The summed E-state index contributed by atoms with van der Waals surface area (Å²) >= 11 is 0. The van der Waals surface area contributed by atoms with Gasteiger partial charge in [0.1, 0.15) is 0 Å². The molecule has 1 fully saturated rings.